The zero-order chi connectivity index (χ0) is 36.6. The molecule has 0 radical (unpaired) electrons. The summed E-state index contributed by atoms with van der Waals surface area (Å²) in [4.78, 5) is 33.3. The second kappa shape index (κ2) is 20.4. The number of rotatable bonds is 15. The Bertz CT molecular complexity index is 1610. The van der Waals surface area contributed by atoms with Crippen molar-refractivity contribution in [2.75, 3.05) is 14.2 Å². The van der Waals surface area contributed by atoms with Gasteiger partial charge in [-0.1, -0.05) is 78.9 Å². The molecule has 4 atom stereocenters. The molecule has 0 heterocycles. The fraction of sp³-hybridized carbons (Fsp3) is 0.350. The van der Waals surface area contributed by atoms with Crippen LogP contribution in [0.4, 0.5) is 0 Å². The molecule has 4 rings (SSSR count). The minimum Gasteiger partial charge on any atom is -0.497 e. The summed E-state index contributed by atoms with van der Waals surface area (Å²) >= 11 is 0.978. The summed E-state index contributed by atoms with van der Waals surface area (Å²) in [5.41, 5.74) is 4.52. The van der Waals surface area contributed by atoms with E-state index in [0.717, 1.165) is 45.8 Å². The highest BCUT2D eigenvalue weighted by molar-refractivity contribution is 7.94. The molecule has 0 fully saturated rings. The summed E-state index contributed by atoms with van der Waals surface area (Å²) in [6, 6.07) is 34.2. The molecule has 4 aromatic carbocycles. The molecule has 0 aliphatic rings. The monoisotopic (exact) mass is 701 g/mol. The van der Waals surface area contributed by atoms with Gasteiger partial charge in [0.1, 0.15) is 11.5 Å². The van der Waals surface area contributed by atoms with Crippen LogP contribution in [0.25, 0.3) is 0 Å². The van der Waals surface area contributed by atoms with Crippen LogP contribution in [0.15, 0.2) is 108 Å². The van der Waals surface area contributed by atoms with E-state index in [4.69, 9.17) is 19.7 Å². The van der Waals surface area contributed by atoms with Gasteiger partial charge in [0.05, 0.1) is 43.2 Å². The molecular formula is C40H51N3O6S. The summed E-state index contributed by atoms with van der Waals surface area (Å²) in [5.74, 6) is 6.57. The highest BCUT2D eigenvalue weighted by Gasteiger charge is 2.25. The fourth-order valence-electron chi connectivity index (χ4n) is 6.32. The first-order valence-electron chi connectivity index (χ1n) is 16.7. The zero-order valence-corrected chi connectivity index (χ0v) is 31.2. The Balaban J connectivity index is 0.000000274. The molecule has 9 nitrogen and oxygen atoms in total. The van der Waals surface area contributed by atoms with Gasteiger partial charge in [-0.25, -0.2) is 0 Å². The van der Waals surface area contributed by atoms with Crippen LogP contribution in [0.2, 0.25) is 0 Å². The summed E-state index contributed by atoms with van der Waals surface area (Å²) in [5, 5.41) is 0. The predicted molar refractivity (Wildman–Crippen MR) is 199 cm³/mol. The van der Waals surface area contributed by atoms with Crippen molar-refractivity contribution in [3.8, 4) is 11.5 Å². The maximum Gasteiger partial charge on any atom is 0.220 e. The number of ether oxygens (including phenoxy) is 2. The van der Waals surface area contributed by atoms with E-state index in [0.29, 0.717) is 12.2 Å². The van der Waals surface area contributed by atoms with Gasteiger partial charge in [-0.15, -0.1) is 9.32 Å². The molecule has 2 amide bonds. The van der Waals surface area contributed by atoms with E-state index < -0.39 is 0 Å². The fourth-order valence-corrected chi connectivity index (χ4v) is 6.87. The van der Waals surface area contributed by atoms with Gasteiger partial charge in [0.2, 0.25) is 11.8 Å². The summed E-state index contributed by atoms with van der Waals surface area (Å²) in [6.45, 7) is 11.5. The molecule has 0 aromatic heterocycles. The average Bonchev–Trinajstić information content (AvgIpc) is 3.12. The molecule has 0 saturated carbocycles. The quantitative estimate of drug-likeness (QED) is 0.0750. The predicted octanol–water partition coefficient (Wildman–Crippen LogP) is 8.30. The van der Waals surface area contributed by atoms with E-state index in [1.807, 2.05) is 88.7 Å². The first-order chi connectivity index (χ1) is 24.0. The van der Waals surface area contributed by atoms with Crippen LogP contribution < -0.4 is 15.4 Å². The van der Waals surface area contributed by atoms with E-state index in [1.165, 1.54) is 5.56 Å². The van der Waals surface area contributed by atoms with Crippen molar-refractivity contribution < 1.29 is 28.4 Å². The summed E-state index contributed by atoms with van der Waals surface area (Å²) < 4.78 is 15.3. The van der Waals surface area contributed by atoms with Gasteiger partial charge in [0, 0.05) is 25.9 Å². The number of hydrogen-bond acceptors (Lipinski definition) is 8. The van der Waals surface area contributed by atoms with Gasteiger partial charge >= 0.3 is 0 Å². The Kier molecular flexibility index (Phi) is 16.3. The molecule has 2 N–H and O–H groups in total. The first-order valence-corrected chi connectivity index (χ1v) is 17.4. The second-order valence-electron chi connectivity index (χ2n) is 12.2. The Hall–Kier alpha value is -4.35. The smallest absolute Gasteiger partial charge is 0.220 e. The third kappa shape index (κ3) is 11.6. The topological polar surface area (TPSA) is 104 Å². The number of nitrogens with two attached hydrogens (primary N) is 1. The highest BCUT2D eigenvalue weighted by Crippen LogP contribution is 2.32. The van der Waals surface area contributed by atoms with E-state index in [1.54, 1.807) is 28.1 Å². The molecular weight excluding hydrogens is 651 g/mol. The summed E-state index contributed by atoms with van der Waals surface area (Å²) in [6.07, 6.45) is 1.51. The van der Waals surface area contributed by atoms with Crippen LogP contribution in [0.3, 0.4) is 0 Å². The Labute approximate surface area is 301 Å². The Morgan fingerprint density at radius 1 is 0.660 bits per heavy atom. The normalized spacial score (nSPS) is 13.1. The van der Waals surface area contributed by atoms with Crippen LogP contribution in [-0.2, 0) is 31.8 Å². The second-order valence-corrected chi connectivity index (χ2v) is 13.0. The van der Waals surface area contributed by atoms with Gasteiger partial charge in [0.15, 0.2) is 0 Å². The number of nitrogens with zero attached hydrogens (tertiary/aromatic N) is 2. The lowest BCUT2D eigenvalue weighted by atomic mass is 10.0. The molecule has 0 aliphatic carbocycles. The molecule has 4 aromatic rings. The van der Waals surface area contributed by atoms with Crippen LogP contribution in [0.5, 0.6) is 11.5 Å². The first kappa shape index (κ1) is 40.1. The summed E-state index contributed by atoms with van der Waals surface area (Å²) in [7, 11) is 3.25. The highest BCUT2D eigenvalue weighted by atomic mass is 32.2. The molecule has 50 heavy (non-hydrogen) atoms. The van der Waals surface area contributed by atoms with E-state index in [2.05, 4.69) is 56.9 Å². The third-order valence-corrected chi connectivity index (χ3v) is 9.33. The molecule has 268 valence electrons. The van der Waals surface area contributed by atoms with E-state index >= 15 is 0 Å². The minimum atomic E-state index is -0.0141. The van der Waals surface area contributed by atoms with Gasteiger partial charge in [-0.3, -0.25) is 9.59 Å². The lowest BCUT2D eigenvalue weighted by Crippen LogP contribution is -2.40. The molecule has 10 heteroatoms. The van der Waals surface area contributed by atoms with Gasteiger partial charge < -0.3 is 19.3 Å². The Morgan fingerprint density at radius 3 is 1.54 bits per heavy atom. The maximum absolute atomic E-state index is 12.4. The van der Waals surface area contributed by atoms with Crippen molar-refractivity contribution in [2.45, 2.75) is 83.4 Å². The average molecular weight is 702 g/mol. The van der Waals surface area contributed by atoms with Gasteiger partial charge in [-0.2, -0.15) is 5.90 Å². The SMILES string of the molecule is COc1ccc(C[C@@H](C)N(C(C)=O)[C@H](C)c2ccccc2)cc1.COc1ccc(C[C@@H](C)N(C(C)=O)[C@H](C)c2ccccc2)cc1SOON. The van der Waals surface area contributed by atoms with Crippen LogP contribution in [0.1, 0.15) is 75.9 Å². The van der Waals surface area contributed by atoms with Crippen molar-refractivity contribution >= 4 is 23.9 Å². The molecule has 0 aliphatic heterocycles. The standard InChI is InChI=1S/C20H26N2O4S.C20H25NO2/c1-14(22(16(3)23)15(2)18-8-6-5-7-9-18)12-17-10-11-19(24-4)20(13-17)27-26-25-21;1-15(14-18-10-12-20(23-4)13-11-18)21(17(3)22)16(2)19-8-6-5-7-9-19/h5-11,13-15H,12,21H2,1-4H3;5-13,15-16H,14H2,1-4H3/t14-,15-;15-,16-/m11/s1. The van der Waals surface area contributed by atoms with Crippen molar-refractivity contribution in [3.63, 3.8) is 0 Å². The maximum atomic E-state index is 12.4. The number of amides is 2. The lowest BCUT2D eigenvalue weighted by molar-refractivity contribution is -0.195. The van der Waals surface area contributed by atoms with Crippen LogP contribution in [-0.4, -0.2) is 47.9 Å². The van der Waals surface area contributed by atoms with Crippen LogP contribution in [0, 0.1) is 0 Å². The van der Waals surface area contributed by atoms with Crippen molar-refractivity contribution in [2.24, 2.45) is 5.90 Å². The molecule has 0 bridgehead atoms. The van der Waals surface area contributed by atoms with Crippen molar-refractivity contribution in [1.29, 1.82) is 0 Å². The Morgan fingerprint density at radius 2 is 1.12 bits per heavy atom. The molecule has 0 unspecified atom stereocenters. The zero-order valence-electron chi connectivity index (χ0n) is 30.4. The lowest BCUT2D eigenvalue weighted by Gasteiger charge is -2.34. The van der Waals surface area contributed by atoms with Gasteiger partial charge in [0.25, 0.3) is 0 Å². The van der Waals surface area contributed by atoms with E-state index in [-0.39, 0.29) is 36.0 Å². The minimum absolute atomic E-state index is 0.00984. The van der Waals surface area contributed by atoms with Crippen molar-refractivity contribution in [3.05, 3.63) is 125 Å². The number of carbonyl (C=O) groups excluding carboxylic acids is 2. The number of methoxy groups -OCH3 is 2. The van der Waals surface area contributed by atoms with E-state index in [9.17, 15) is 9.59 Å². The van der Waals surface area contributed by atoms with Crippen molar-refractivity contribution in [1.82, 2.24) is 9.80 Å². The number of carbonyl (C=O) groups is 2. The van der Waals surface area contributed by atoms with Gasteiger partial charge in [-0.05, 0) is 87.1 Å². The largest absolute Gasteiger partial charge is 0.497 e. The number of benzene rings is 4. The third-order valence-electron chi connectivity index (χ3n) is 8.69. The number of hydrogen-bond donors (Lipinski definition) is 1. The molecule has 0 spiro atoms. The molecule has 0 saturated heterocycles. The van der Waals surface area contributed by atoms with Crippen LogP contribution >= 0.6 is 12.0 Å².